The van der Waals surface area contributed by atoms with Crippen molar-refractivity contribution in [1.29, 1.82) is 0 Å². The largest absolute Gasteiger partial charge is 0.481 e. The molecule has 1 atom stereocenters. The van der Waals surface area contributed by atoms with Crippen molar-refractivity contribution in [2.75, 3.05) is 13.7 Å². The maximum atomic E-state index is 12.6. The number of carboxylic acids is 1. The van der Waals surface area contributed by atoms with Crippen molar-refractivity contribution in [1.82, 2.24) is 4.90 Å². The Bertz CT molecular complexity index is 816. The molecule has 1 aliphatic rings. The Balaban J connectivity index is 1.72. The van der Waals surface area contributed by atoms with Crippen LogP contribution in [-0.4, -0.2) is 41.8 Å². The average Bonchev–Trinajstić information content (AvgIpc) is 2.98. The molecule has 0 fully saturated rings. The molecule has 28 heavy (non-hydrogen) atoms. The van der Waals surface area contributed by atoms with Gasteiger partial charge in [0, 0.05) is 19.0 Å². The number of amides is 1. The third-order valence-electron chi connectivity index (χ3n) is 5.33. The zero-order valence-electron chi connectivity index (χ0n) is 16.6. The topological polar surface area (TPSA) is 66.8 Å². The van der Waals surface area contributed by atoms with Crippen LogP contribution in [-0.2, 0) is 9.53 Å². The van der Waals surface area contributed by atoms with Gasteiger partial charge in [0.2, 0.25) is 0 Å². The lowest BCUT2D eigenvalue weighted by Crippen LogP contribution is -2.40. The van der Waals surface area contributed by atoms with Crippen LogP contribution in [0.1, 0.15) is 43.7 Å². The number of rotatable bonds is 7. The van der Waals surface area contributed by atoms with Crippen molar-refractivity contribution in [2.24, 2.45) is 5.92 Å². The number of hydrogen-bond acceptors (Lipinski definition) is 3. The summed E-state index contributed by atoms with van der Waals surface area (Å²) in [5.41, 5.74) is 4.67. The van der Waals surface area contributed by atoms with Crippen LogP contribution in [0, 0.1) is 5.92 Å². The molecule has 0 bridgehead atoms. The lowest BCUT2D eigenvalue weighted by molar-refractivity contribution is -0.138. The standard InChI is InChI=1S/C23H27NO4/c1-15(2)12-16(13-22(25)26)24(3)23(27)28-14-21-19-10-6-4-8-17(19)18-9-5-7-11-20(18)21/h4-11,15-16,21H,12-14H2,1-3H3,(H,25,26). The molecule has 0 radical (unpaired) electrons. The predicted molar refractivity (Wildman–Crippen MR) is 108 cm³/mol. The highest BCUT2D eigenvalue weighted by Crippen LogP contribution is 2.44. The van der Waals surface area contributed by atoms with Gasteiger partial charge in [0.25, 0.3) is 0 Å². The summed E-state index contributed by atoms with van der Waals surface area (Å²) in [5, 5.41) is 9.17. The van der Waals surface area contributed by atoms with Crippen LogP contribution in [0.3, 0.4) is 0 Å². The maximum Gasteiger partial charge on any atom is 0.409 e. The van der Waals surface area contributed by atoms with Gasteiger partial charge >= 0.3 is 12.1 Å². The van der Waals surface area contributed by atoms with Gasteiger partial charge in [-0.1, -0.05) is 62.4 Å². The minimum absolute atomic E-state index is 0.00669. The normalized spacial score (nSPS) is 13.7. The van der Waals surface area contributed by atoms with E-state index in [9.17, 15) is 9.59 Å². The average molecular weight is 381 g/mol. The molecule has 0 spiro atoms. The zero-order valence-corrected chi connectivity index (χ0v) is 16.6. The molecule has 0 aromatic heterocycles. The van der Waals surface area contributed by atoms with Crippen LogP contribution >= 0.6 is 0 Å². The Kier molecular flexibility index (Phi) is 6.02. The highest BCUT2D eigenvalue weighted by Gasteiger charge is 2.30. The van der Waals surface area contributed by atoms with Crippen LogP contribution in [0.2, 0.25) is 0 Å². The summed E-state index contributed by atoms with van der Waals surface area (Å²) in [6.45, 7) is 4.26. The first-order chi connectivity index (χ1) is 13.4. The minimum atomic E-state index is -0.913. The fraction of sp³-hybridized carbons (Fsp3) is 0.391. The van der Waals surface area contributed by atoms with Gasteiger partial charge in [-0.05, 0) is 34.6 Å². The Morgan fingerprint density at radius 3 is 2.07 bits per heavy atom. The van der Waals surface area contributed by atoms with Gasteiger partial charge in [0.05, 0.1) is 6.42 Å². The van der Waals surface area contributed by atoms with Gasteiger partial charge in [-0.25, -0.2) is 4.79 Å². The number of carbonyl (C=O) groups excluding carboxylic acids is 1. The quantitative estimate of drug-likeness (QED) is 0.751. The Labute approximate surface area is 165 Å². The number of fused-ring (bicyclic) bond motifs is 3. The van der Waals surface area contributed by atoms with Crippen molar-refractivity contribution < 1.29 is 19.4 Å². The summed E-state index contributed by atoms with van der Waals surface area (Å²) in [5.74, 6) is -0.634. The smallest absolute Gasteiger partial charge is 0.409 e. The van der Waals surface area contributed by atoms with E-state index in [-0.39, 0.29) is 30.9 Å². The van der Waals surface area contributed by atoms with Crippen molar-refractivity contribution in [3.05, 3.63) is 59.7 Å². The molecule has 3 rings (SSSR count). The number of carbonyl (C=O) groups is 2. The monoisotopic (exact) mass is 381 g/mol. The second-order valence-electron chi connectivity index (χ2n) is 7.80. The minimum Gasteiger partial charge on any atom is -0.481 e. The number of aliphatic carboxylic acids is 1. The van der Waals surface area contributed by atoms with Gasteiger partial charge in [-0.3, -0.25) is 4.79 Å². The molecule has 1 unspecified atom stereocenters. The lowest BCUT2D eigenvalue weighted by atomic mass is 9.98. The fourth-order valence-corrected chi connectivity index (χ4v) is 3.97. The lowest BCUT2D eigenvalue weighted by Gasteiger charge is -2.28. The van der Waals surface area contributed by atoms with Crippen LogP contribution in [0.4, 0.5) is 4.79 Å². The third-order valence-corrected chi connectivity index (χ3v) is 5.33. The summed E-state index contributed by atoms with van der Waals surface area (Å²) in [6.07, 6.45) is 0.0556. The molecule has 0 saturated carbocycles. The van der Waals surface area contributed by atoms with E-state index in [2.05, 4.69) is 24.3 Å². The molecule has 1 aliphatic carbocycles. The van der Waals surface area contributed by atoms with E-state index in [1.807, 2.05) is 38.1 Å². The molecule has 1 N–H and O–H groups in total. The van der Waals surface area contributed by atoms with Gasteiger partial charge in [-0.15, -0.1) is 0 Å². The Morgan fingerprint density at radius 2 is 1.57 bits per heavy atom. The second kappa shape index (κ2) is 8.46. The molecule has 5 nitrogen and oxygen atoms in total. The SMILES string of the molecule is CC(C)CC(CC(=O)O)N(C)C(=O)OCC1c2ccccc2-c2ccccc21. The molecule has 2 aromatic carbocycles. The van der Waals surface area contributed by atoms with E-state index in [0.29, 0.717) is 6.42 Å². The summed E-state index contributed by atoms with van der Waals surface area (Å²) in [7, 11) is 1.62. The van der Waals surface area contributed by atoms with Gasteiger partial charge in [0.1, 0.15) is 6.61 Å². The molecule has 0 heterocycles. The van der Waals surface area contributed by atoms with E-state index in [4.69, 9.17) is 9.84 Å². The summed E-state index contributed by atoms with van der Waals surface area (Å²) < 4.78 is 5.64. The van der Waals surface area contributed by atoms with E-state index in [1.165, 1.54) is 16.0 Å². The van der Waals surface area contributed by atoms with E-state index >= 15 is 0 Å². The molecule has 0 saturated heterocycles. The molecular weight excluding hydrogens is 354 g/mol. The van der Waals surface area contributed by atoms with E-state index < -0.39 is 12.1 Å². The number of benzene rings is 2. The van der Waals surface area contributed by atoms with Crippen LogP contribution in [0.5, 0.6) is 0 Å². The molecule has 1 amide bonds. The molecule has 2 aromatic rings. The highest BCUT2D eigenvalue weighted by atomic mass is 16.6. The van der Waals surface area contributed by atoms with Crippen molar-refractivity contribution >= 4 is 12.1 Å². The Hall–Kier alpha value is -2.82. The first-order valence-corrected chi connectivity index (χ1v) is 9.68. The number of carboxylic acid groups (broad SMARTS) is 1. The molecular formula is C23H27NO4. The van der Waals surface area contributed by atoms with Crippen molar-refractivity contribution in [2.45, 2.75) is 38.6 Å². The van der Waals surface area contributed by atoms with Crippen molar-refractivity contribution in [3.63, 3.8) is 0 Å². The molecule has 5 heteroatoms. The van der Waals surface area contributed by atoms with Crippen LogP contribution in [0.25, 0.3) is 11.1 Å². The predicted octanol–water partition coefficient (Wildman–Crippen LogP) is 4.76. The third kappa shape index (κ3) is 4.19. The summed E-state index contributed by atoms with van der Waals surface area (Å²) in [6, 6.07) is 16.0. The van der Waals surface area contributed by atoms with Gasteiger partial charge < -0.3 is 14.7 Å². The van der Waals surface area contributed by atoms with E-state index in [0.717, 1.165) is 11.1 Å². The van der Waals surface area contributed by atoms with Gasteiger partial charge in [-0.2, -0.15) is 0 Å². The number of hydrogen-bond donors (Lipinski definition) is 1. The zero-order chi connectivity index (χ0) is 20.3. The summed E-state index contributed by atoms with van der Waals surface area (Å²) >= 11 is 0. The first-order valence-electron chi connectivity index (χ1n) is 9.68. The highest BCUT2D eigenvalue weighted by molar-refractivity contribution is 5.79. The van der Waals surface area contributed by atoms with Crippen LogP contribution in [0.15, 0.2) is 48.5 Å². The Morgan fingerprint density at radius 1 is 1.04 bits per heavy atom. The summed E-state index contributed by atoms with van der Waals surface area (Å²) in [4.78, 5) is 25.3. The van der Waals surface area contributed by atoms with Gasteiger partial charge in [0.15, 0.2) is 0 Å². The van der Waals surface area contributed by atoms with Crippen LogP contribution < -0.4 is 0 Å². The number of ether oxygens (including phenoxy) is 1. The molecule has 0 aliphatic heterocycles. The number of nitrogens with zero attached hydrogens (tertiary/aromatic N) is 1. The maximum absolute atomic E-state index is 12.6. The first kappa shape index (κ1) is 19.9. The van der Waals surface area contributed by atoms with E-state index in [1.54, 1.807) is 7.05 Å². The second-order valence-corrected chi connectivity index (χ2v) is 7.80. The fourth-order valence-electron chi connectivity index (χ4n) is 3.97. The van der Waals surface area contributed by atoms with Crippen molar-refractivity contribution in [3.8, 4) is 11.1 Å². The molecule has 148 valence electrons.